The average Bonchev–Trinajstić information content (AvgIpc) is 3.04. The van der Waals surface area contributed by atoms with Gasteiger partial charge in [-0.15, -0.1) is 11.3 Å². The third-order valence-electron chi connectivity index (χ3n) is 5.11. The number of anilines is 1. The summed E-state index contributed by atoms with van der Waals surface area (Å²) in [6, 6.07) is 0.956. The van der Waals surface area contributed by atoms with Crippen LogP contribution in [0.5, 0.6) is 0 Å². The van der Waals surface area contributed by atoms with Gasteiger partial charge in [0.2, 0.25) is 5.91 Å². The number of rotatable bonds is 4. The molecule has 2 aliphatic rings. The first kappa shape index (κ1) is 19.3. The fourth-order valence-electron chi connectivity index (χ4n) is 4.56. The van der Waals surface area contributed by atoms with Gasteiger partial charge in [-0.1, -0.05) is 20.8 Å². The van der Waals surface area contributed by atoms with Gasteiger partial charge in [-0.05, 0) is 42.0 Å². The van der Waals surface area contributed by atoms with Crippen molar-refractivity contribution in [2.75, 3.05) is 11.9 Å². The van der Waals surface area contributed by atoms with Crippen LogP contribution in [0.4, 0.5) is 9.80 Å². The lowest BCUT2D eigenvalue weighted by molar-refractivity contribution is -0.136. The molecule has 146 valence electrons. The van der Waals surface area contributed by atoms with Gasteiger partial charge in [0.05, 0.1) is 5.56 Å². The van der Waals surface area contributed by atoms with Gasteiger partial charge < -0.3 is 16.4 Å². The van der Waals surface area contributed by atoms with Gasteiger partial charge in [0.15, 0.2) is 0 Å². The Labute approximate surface area is 161 Å². The van der Waals surface area contributed by atoms with E-state index in [1.54, 1.807) is 5.38 Å². The summed E-state index contributed by atoms with van der Waals surface area (Å²) in [5, 5.41) is 7.33. The van der Waals surface area contributed by atoms with Crippen LogP contribution < -0.4 is 16.4 Å². The number of nitrogens with two attached hydrogens (primary N) is 1. The van der Waals surface area contributed by atoms with Crippen LogP contribution in [0.3, 0.4) is 0 Å². The number of nitrogens with zero attached hydrogens (tertiary/aromatic N) is 1. The van der Waals surface area contributed by atoms with E-state index in [1.807, 2.05) is 0 Å². The minimum atomic E-state index is -0.945. The largest absolute Gasteiger partial charge is 0.366 e. The molecule has 3 rings (SSSR count). The molecular formula is C18H24N4O4S. The molecule has 1 saturated carbocycles. The zero-order chi connectivity index (χ0) is 20.0. The number of carbonyl (C=O) groups is 4. The van der Waals surface area contributed by atoms with Crippen LogP contribution in [0.1, 0.15) is 50.4 Å². The van der Waals surface area contributed by atoms with E-state index >= 15 is 0 Å². The monoisotopic (exact) mass is 392 g/mol. The first-order valence-corrected chi connectivity index (χ1v) is 9.72. The summed E-state index contributed by atoms with van der Waals surface area (Å²) >= 11 is 1.15. The highest BCUT2D eigenvalue weighted by molar-refractivity contribution is 7.14. The van der Waals surface area contributed by atoms with Crippen LogP contribution in [-0.4, -0.2) is 40.7 Å². The fourth-order valence-corrected chi connectivity index (χ4v) is 5.37. The van der Waals surface area contributed by atoms with Crippen LogP contribution in [0.2, 0.25) is 0 Å². The Hall–Kier alpha value is -2.42. The number of carbonyl (C=O) groups excluding carboxylic acids is 4. The molecule has 0 radical (unpaired) electrons. The van der Waals surface area contributed by atoms with Gasteiger partial charge >= 0.3 is 6.03 Å². The van der Waals surface area contributed by atoms with E-state index in [-0.39, 0.29) is 22.8 Å². The van der Waals surface area contributed by atoms with Crippen molar-refractivity contribution in [2.45, 2.75) is 45.6 Å². The lowest BCUT2D eigenvalue weighted by Gasteiger charge is -2.43. The topological polar surface area (TPSA) is 122 Å². The van der Waals surface area contributed by atoms with Crippen molar-refractivity contribution in [2.24, 2.45) is 17.1 Å². The molecular weight excluding hydrogens is 368 g/mol. The highest BCUT2D eigenvalue weighted by Gasteiger charge is 2.56. The van der Waals surface area contributed by atoms with E-state index < -0.39 is 29.9 Å². The minimum Gasteiger partial charge on any atom is -0.366 e. The highest BCUT2D eigenvalue weighted by Crippen LogP contribution is 2.46. The number of primary amides is 1. The van der Waals surface area contributed by atoms with Crippen LogP contribution in [0.25, 0.3) is 0 Å². The maximum atomic E-state index is 13.0. The van der Waals surface area contributed by atoms with E-state index in [1.165, 1.54) is 6.07 Å². The Balaban J connectivity index is 1.73. The Morgan fingerprint density at radius 3 is 2.70 bits per heavy atom. The molecule has 2 fully saturated rings. The molecule has 1 aromatic rings. The number of imide groups is 1. The number of urea groups is 1. The lowest BCUT2D eigenvalue weighted by atomic mass is 9.64. The van der Waals surface area contributed by atoms with Gasteiger partial charge in [0.1, 0.15) is 17.1 Å². The second-order valence-electron chi connectivity index (χ2n) is 8.33. The Kier molecular flexibility index (Phi) is 4.75. The Morgan fingerprint density at radius 1 is 1.37 bits per heavy atom. The summed E-state index contributed by atoms with van der Waals surface area (Å²) in [6.45, 7) is 5.83. The Morgan fingerprint density at radius 2 is 2.07 bits per heavy atom. The van der Waals surface area contributed by atoms with E-state index in [4.69, 9.17) is 5.73 Å². The van der Waals surface area contributed by atoms with E-state index in [2.05, 4.69) is 31.4 Å². The minimum absolute atomic E-state index is 0.0771. The van der Waals surface area contributed by atoms with Crippen LogP contribution >= 0.6 is 11.3 Å². The average molecular weight is 392 g/mol. The quantitative estimate of drug-likeness (QED) is 0.678. The molecule has 9 heteroatoms. The number of hydrogen-bond donors (Lipinski definition) is 3. The number of amides is 5. The van der Waals surface area contributed by atoms with Crippen molar-refractivity contribution in [1.82, 2.24) is 10.2 Å². The smallest absolute Gasteiger partial charge is 0.325 e. The van der Waals surface area contributed by atoms with Gasteiger partial charge in [-0.25, -0.2) is 4.79 Å². The summed E-state index contributed by atoms with van der Waals surface area (Å²) in [5.41, 5.74) is 4.44. The molecule has 4 N–H and O–H groups in total. The summed E-state index contributed by atoms with van der Waals surface area (Å²) in [6.07, 6.45) is 2.09. The first-order chi connectivity index (χ1) is 12.5. The van der Waals surface area contributed by atoms with Crippen molar-refractivity contribution < 1.29 is 19.2 Å². The zero-order valence-corrected chi connectivity index (χ0v) is 16.4. The normalized spacial score (nSPS) is 26.9. The third kappa shape index (κ3) is 3.69. The standard InChI is InChI=1S/C18H24N4O4S/c1-10-6-17(2,3)9-18(7-10)15(25)22(16(26)21-18)8-12(23)20-14-11(13(19)24)4-5-27-14/h4-5,10H,6-9H2,1-3H3,(H2,19,24)(H,20,23)(H,21,26)/t10-,18-/m1/s1. The molecule has 2 atom stereocenters. The second kappa shape index (κ2) is 6.63. The highest BCUT2D eigenvalue weighted by atomic mass is 32.1. The van der Waals surface area contributed by atoms with Crippen molar-refractivity contribution >= 4 is 40.1 Å². The second-order valence-corrected chi connectivity index (χ2v) is 9.25. The predicted octanol–water partition coefficient (Wildman–Crippen LogP) is 1.92. The lowest BCUT2D eigenvalue weighted by Crippen LogP contribution is -2.54. The predicted molar refractivity (Wildman–Crippen MR) is 101 cm³/mol. The van der Waals surface area contributed by atoms with Gasteiger partial charge in [0, 0.05) is 0 Å². The molecule has 2 heterocycles. The van der Waals surface area contributed by atoms with Gasteiger partial charge in [-0.2, -0.15) is 0 Å². The maximum absolute atomic E-state index is 13.0. The van der Waals surface area contributed by atoms with Gasteiger partial charge in [-0.3, -0.25) is 19.3 Å². The molecule has 27 heavy (non-hydrogen) atoms. The fraction of sp³-hybridized carbons (Fsp3) is 0.556. The SMILES string of the molecule is C[C@@H]1CC(C)(C)C[C@@]2(C1)NC(=O)N(CC(=O)Nc1sccc1C(N)=O)C2=O. The van der Waals surface area contributed by atoms with E-state index in [0.717, 1.165) is 22.7 Å². The van der Waals surface area contributed by atoms with Crippen molar-refractivity contribution in [3.8, 4) is 0 Å². The maximum Gasteiger partial charge on any atom is 0.325 e. The zero-order valence-electron chi connectivity index (χ0n) is 15.6. The summed E-state index contributed by atoms with van der Waals surface area (Å²) < 4.78 is 0. The molecule has 0 aromatic carbocycles. The number of thiophene rings is 1. The molecule has 5 amide bonds. The molecule has 0 bridgehead atoms. The molecule has 0 unspecified atom stereocenters. The Bertz CT molecular complexity index is 818. The third-order valence-corrected chi connectivity index (χ3v) is 5.94. The van der Waals surface area contributed by atoms with E-state index in [9.17, 15) is 19.2 Å². The molecule has 8 nitrogen and oxygen atoms in total. The van der Waals surface area contributed by atoms with Gasteiger partial charge in [0.25, 0.3) is 11.8 Å². The number of hydrogen-bond acceptors (Lipinski definition) is 5. The molecule has 1 saturated heterocycles. The summed E-state index contributed by atoms with van der Waals surface area (Å²) in [5.74, 6) is -1.28. The first-order valence-electron chi connectivity index (χ1n) is 8.84. The van der Waals surface area contributed by atoms with Crippen molar-refractivity contribution in [3.05, 3.63) is 17.0 Å². The van der Waals surface area contributed by atoms with Crippen LogP contribution in [-0.2, 0) is 9.59 Å². The molecule has 1 spiro atoms. The van der Waals surface area contributed by atoms with Crippen molar-refractivity contribution in [1.29, 1.82) is 0 Å². The van der Waals surface area contributed by atoms with Crippen LogP contribution in [0.15, 0.2) is 11.4 Å². The molecule has 1 aliphatic heterocycles. The molecule has 1 aromatic heterocycles. The summed E-state index contributed by atoms with van der Waals surface area (Å²) in [4.78, 5) is 50.1. The summed E-state index contributed by atoms with van der Waals surface area (Å²) in [7, 11) is 0. The molecule has 1 aliphatic carbocycles. The number of nitrogens with one attached hydrogen (secondary N) is 2. The van der Waals surface area contributed by atoms with Crippen molar-refractivity contribution in [3.63, 3.8) is 0 Å². The van der Waals surface area contributed by atoms with E-state index in [0.29, 0.717) is 17.8 Å². The van der Waals surface area contributed by atoms with Crippen LogP contribution in [0, 0.1) is 11.3 Å².